The fourth-order valence-electron chi connectivity index (χ4n) is 2.24. The highest BCUT2D eigenvalue weighted by Crippen LogP contribution is 2.21. The molecule has 2 aromatic rings. The molecule has 0 saturated carbocycles. The first-order valence-electron chi connectivity index (χ1n) is 7.41. The molecule has 0 bridgehead atoms. The lowest BCUT2D eigenvalue weighted by Crippen LogP contribution is -2.24. The summed E-state index contributed by atoms with van der Waals surface area (Å²) in [6.07, 6.45) is 3.26. The van der Waals surface area contributed by atoms with Crippen molar-refractivity contribution in [1.29, 1.82) is 0 Å². The van der Waals surface area contributed by atoms with Crippen LogP contribution in [0.5, 0.6) is 0 Å². The van der Waals surface area contributed by atoms with Crippen molar-refractivity contribution in [2.45, 2.75) is 33.1 Å². The molecular formula is C19H25N. The van der Waals surface area contributed by atoms with Gasteiger partial charge in [-0.05, 0) is 47.9 Å². The molecule has 0 unspecified atom stereocenters. The van der Waals surface area contributed by atoms with Gasteiger partial charge in [-0.2, -0.15) is 0 Å². The summed E-state index contributed by atoms with van der Waals surface area (Å²) in [6.45, 7) is 5.21. The Morgan fingerprint density at radius 2 is 1.35 bits per heavy atom. The van der Waals surface area contributed by atoms with Crippen LogP contribution in [0.15, 0.2) is 54.6 Å². The molecule has 0 saturated heterocycles. The molecular weight excluding hydrogens is 242 g/mol. The minimum atomic E-state index is 0.239. The lowest BCUT2D eigenvalue weighted by molar-refractivity contribution is 0.348. The van der Waals surface area contributed by atoms with E-state index in [1.165, 1.54) is 16.7 Å². The first kappa shape index (κ1) is 14.8. The van der Waals surface area contributed by atoms with Gasteiger partial charge < -0.3 is 5.73 Å². The van der Waals surface area contributed by atoms with Crippen molar-refractivity contribution in [3.05, 3.63) is 71.3 Å². The van der Waals surface area contributed by atoms with Gasteiger partial charge in [0, 0.05) is 0 Å². The Morgan fingerprint density at radius 3 is 1.95 bits per heavy atom. The highest BCUT2D eigenvalue weighted by molar-refractivity contribution is 5.28. The van der Waals surface area contributed by atoms with Crippen molar-refractivity contribution >= 4 is 0 Å². The molecule has 0 aliphatic heterocycles. The molecule has 0 fully saturated rings. The summed E-state index contributed by atoms with van der Waals surface area (Å²) in [5, 5.41) is 0. The van der Waals surface area contributed by atoms with E-state index in [-0.39, 0.29) is 5.41 Å². The Balaban J connectivity index is 1.93. The van der Waals surface area contributed by atoms with E-state index < -0.39 is 0 Å². The maximum atomic E-state index is 5.78. The third-order valence-corrected chi connectivity index (χ3v) is 3.92. The van der Waals surface area contributed by atoms with Gasteiger partial charge >= 0.3 is 0 Å². The summed E-state index contributed by atoms with van der Waals surface area (Å²) < 4.78 is 0. The zero-order valence-corrected chi connectivity index (χ0v) is 12.6. The molecule has 106 valence electrons. The maximum Gasteiger partial charge on any atom is -0.00257 e. The van der Waals surface area contributed by atoms with E-state index in [4.69, 9.17) is 5.73 Å². The molecule has 0 spiro atoms. The maximum absolute atomic E-state index is 5.78. The van der Waals surface area contributed by atoms with Gasteiger partial charge in [-0.3, -0.25) is 0 Å². The molecule has 0 aliphatic rings. The van der Waals surface area contributed by atoms with E-state index >= 15 is 0 Å². The topological polar surface area (TPSA) is 26.0 Å². The summed E-state index contributed by atoms with van der Waals surface area (Å²) >= 11 is 0. The monoisotopic (exact) mass is 267 g/mol. The number of hydrogen-bond acceptors (Lipinski definition) is 1. The first-order valence-corrected chi connectivity index (χ1v) is 7.41. The molecule has 2 N–H and O–H groups in total. The number of aryl methyl sites for hydroxylation is 1. The van der Waals surface area contributed by atoms with Crippen molar-refractivity contribution in [2.75, 3.05) is 6.54 Å². The third-order valence-electron chi connectivity index (χ3n) is 3.92. The number of rotatable bonds is 6. The number of benzene rings is 2. The van der Waals surface area contributed by atoms with Gasteiger partial charge in [-0.25, -0.2) is 0 Å². The molecule has 0 radical (unpaired) electrons. The van der Waals surface area contributed by atoms with Gasteiger partial charge in [0.05, 0.1) is 0 Å². The average Bonchev–Trinajstić information content (AvgIpc) is 2.48. The SMILES string of the molecule is CC(C)(CN)CCc1ccc(Cc2ccccc2)cc1. The van der Waals surface area contributed by atoms with E-state index in [2.05, 4.69) is 68.4 Å². The Morgan fingerprint density at radius 1 is 0.800 bits per heavy atom. The Kier molecular flexibility index (Phi) is 4.97. The third kappa shape index (κ3) is 4.50. The normalized spacial score (nSPS) is 11.6. The van der Waals surface area contributed by atoms with Crippen LogP contribution in [0.25, 0.3) is 0 Å². The van der Waals surface area contributed by atoms with E-state index in [1.54, 1.807) is 0 Å². The largest absolute Gasteiger partial charge is 0.330 e. The van der Waals surface area contributed by atoms with Crippen LogP contribution in [0, 0.1) is 5.41 Å². The second-order valence-corrected chi connectivity index (χ2v) is 6.35. The quantitative estimate of drug-likeness (QED) is 0.834. The number of hydrogen-bond donors (Lipinski definition) is 1. The standard InChI is InChI=1S/C19H25N/c1-19(2,15-20)13-12-16-8-10-18(11-9-16)14-17-6-4-3-5-7-17/h3-11H,12-15,20H2,1-2H3. The zero-order chi connectivity index (χ0) is 14.4. The van der Waals surface area contributed by atoms with Gasteiger partial charge in [0.15, 0.2) is 0 Å². The van der Waals surface area contributed by atoms with Crippen molar-refractivity contribution in [2.24, 2.45) is 11.1 Å². The molecule has 1 heteroatoms. The molecule has 0 amide bonds. The van der Waals surface area contributed by atoms with E-state index in [1.807, 2.05) is 0 Å². The fourth-order valence-corrected chi connectivity index (χ4v) is 2.24. The van der Waals surface area contributed by atoms with Gasteiger partial charge in [0.2, 0.25) is 0 Å². The highest BCUT2D eigenvalue weighted by atomic mass is 14.6. The van der Waals surface area contributed by atoms with E-state index in [0.717, 1.165) is 25.8 Å². The van der Waals surface area contributed by atoms with E-state index in [9.17, 15) is 0 Å². The van der Waals surface area contributed by atoms with Crippen LogP contribution < -0.4 is 5.73 Å². The zero-order valence-electron chi connectivity index (χ0n) is 12.6. The minimum Gasteiger partial charge on any atom is -0.330 e. The van der Waals surface area contributed by atoms with Crippen molar-refractivity contribution in [3.8, 4) is 0 Å². The highest BCUT2D eigenvalue weighted by Gasteiger charge is 2.14. The van der Waals surface area contributed by atoms with Crippen LogP contribution in [-0.4, -0.2) is 6.54 Å². The van der Waals surface area contributed by atoms with Gasteiger partial charge in [0.25, 0.3) is 0 Å². The smallest absolute Gasteiger partial charge is 0.00257 e. The molecule has 0 aromatic heterocycles. The van der Waals surface area contributed by atoms with Gasteiger partial charge in [0.1, 0.15) is 0 Å². The Bertz CT molecular complexity index is 511. The average molecular weight is 267 g/mol. The summed E-state index contributed by atoms with van der Waals surface area (Å²) in [7, 11) is 0. The van der Waals surface area contributed by atoms with Crippen LogP contribution in [0.3, 0.4) is 0 Å². The lowest BCUT2D eigenvalue weighted by Gasteiger charge is -2.22. The fraction of sp³-hybridized carbons (Fsp3) is 0.368. The predicted octanol–water partition coefficient (Wildman–Crippen LogP) is 4.19. The summed E-state index contributed by atoms with van der Waals surface area (Å²) in [5.74, 6) is 0. The van der Waals surface area contributed by atoms with Crippen LogP contribution in [0.4, 0.5) is 0 Å². The van der Waals surface area contributed by atoms with E-state index in [0.29, 0.717) is 0 Å². The van der Waals surface area contributed by atoms with Crippen LogP contribution >= 0.6 is 0 Å². The Hall–Kier alpha value is -1.60. The molecule has 0 atom stereocenters. The summed E-state index contributed by atoms with van der Waals surface area (Å²) in [5.41, 5.74) is 10.2. The van der Waals surface area contributed by atoms with Crippen LogP contribution in [-0.2, 0) is 12.8 Å². The minimum absolute atomic E-state index is 0.239. The van der Waals surface area contributed by atoms with Crippen molar-refractivity contribution < 1.29 is 0 Å². The summed E-state index contributed by atoms with van der Waals surface area (Å²) in [4.78, 5) is 0. The summed E-state index contributed by atoms with van der Waals surface area (Å²) in [6, 6.07) is 19.6. The predicted molar refractivity (Wildman–Crippen MR) is 86.8 cm³/mol. The first-order chi connectivity index (χ1) is 9.59. The van der Waals surface area contributed by atoms with Crippen LogP contribution in [0.1, 0.15) is 37.0 Å². The molecule has 2 rings (SSSR count). The lowest BCUT2D eigenvalue weighted by atomic mass is 9.86. The molecule has 1 nitrogen and oxygen atoms in total. The molecule has 0 heterocycles. The van der Waals surface area contributed by atoms with Crippen LogP contribution in [0.2, 0.25) is 0 Å². The molecule has 20 heavy (non-hydrogen) atoms. The van der Waals surface area contributed by atoms with Gasteiger partial charge in [-0.1, -0.05) is 68.4 Å². The second-order valence-electron chi connectivity index (χ2n) is 6.35. The molecule has 0 aliphatic carbocycles. The van der Waals surface area contributed by atoms with Gasteiger partial charge in [-0.15, -0.1) is 0 Å². The molecule has 2 aromatic carbocycles. The van der Waals surface area contributed by atoms with Crippen molar-refractivity contribution in [3.63, 3.8) is 0 Å². The van der Waals surface area contributed by atoms with Crippen molar-refractivity contribution in [1.82, 2.24) is 0 Å². The Labute approximate surface area is 122 Å². The second kappa shape index (κ2) is 6.71. The number of nitrogens with two attached hydrogens (primary N) is 1.